The Bertz CT molecular complexity index is 775. The Balaban J connectivity index is 1.85. The molecular weight excluding hydrogens is 342 g/mol. The minimum Gasteiger partial charge on any atom is -0.494 e. The van der Waals surface area contributed by atoms with Crippen molar-refractivity contribution in [2.45, 2.75) is 26.8 Å². The third kappa shape index (κ3) is 6.09. The molecule has 0 bridgehead atoms. The van der Waals surface area contributed by atoms with Gasteiger partial charge >= 0.3 is 0 Å². The van der Waals surface area contributed by atoms with Crippen molar-refractivity contribution in [2.75, 3.05) is 27.4 Å². The van der Waals surface area contributed by atoms with E-state index in [1.54, 1.807) is 14.2 Å². The molecule has 2 aromatic carbocycles. The molecular formula is C21H29N3O3. The number of aryl methyl sites for hydroxylation is 1. The second-order valence-electron chi connectivity index (χ2n) is 6.10. The molecule has 2 rings (SSSR count). The van der Waals surface area contributed by atoms with Gasteiger partial charge in [0.05, 0.1) is 27.4 Å². The van der Waals surface area contributed by atoms with Crippen LogP contribution in [0.4, 0.5) is 0 Å². The highest BCUT2D eigenvalue weighted by Gasteiger charge is 2.05. The molecule has 0 spiro atoms. The first-order chi connectivity index (χ1) is 13.1. The van der Waals surface area contributed by atoms with Crippen molar-refractivity contribution >= 4 is 5.96 Å². The van der Waals surface area contributed by atoms with E-state index in [4.69, 9.17) is 19.9 Å². The zero-order chi connectivity index (χ0) is 19.6. The minimum absolute atomic E-state index is 0.432. The van der Waals surface area contributed by atoms with Gasteiger partial charge in [-0.15, -0.1) is 0 Å². The SMILES string of the molecule is CCOc1ccc(CN=C(N)NCCc2ccc(OC)c(OC)c2)cc1C. The van der Waals surface area contributed by atoms with Gasteiger partial charge in [0, 0.05) is 6.54 Å². The maximum absolute atomic E-state index is 5.97. The van der Waals surface area contributed by atoms with E-state index in [-0.39, 0.29) is 0 Å². The fraction of sp³-hybridized carbons (Fsp3) is 0.381. The molecule has 0 saturated heterocycles. The fourth-order valence-corrected chi connectivity index (χ4v) is 2.73. The Labute approximate surface area is 161 Å². The van der Waals surface area contributed by atoms with E-state index in [0.717, 1.165) is 40.4 Å². The number of ether oxygens (including phenoxy) is 3. The Hall–Kier alpha value is -2.89. The number of hydrogen-bond acceptors (Lipinski definition) is 4. The van der Waals surface area contributed by atoms with E-state index in [1.165, 1.54) is 0 Å². The lowest BCUT2D eigenvalue weighted by molar-refractivity contribution is 0.338. The topological polar surface area (TPSA) is 78.1 Å². The van der Waals surface area contributed by atoms with Gasteiger partial charge in [-0.05, 0) is 55.2 Å². The molecule has 0 atom stereocenters. The van der Waals surface area contributed by atoms with Crippen molar-refractivity contribution in [3.8, 4) is 17.2 Å². The van der Waals surface area contributed by atoms with Crippen LogP contribution in [0.3, 0.4) is 0 Å². The summed E-state index contributed by atoms with van der Waals surface area (Å²) in [5, 5.41) is 3.14. The lowest BCUT2D eigenvalue weighted by Gasteiger charge is -2.10. The molecule has 27 heavy (non-hydrogen) atoms. The summed E-state index contributed by atoms with van der Waals surface area (Å²) in [5.74, 6) is 2.79. The molecule has 146 valence electrons. The van der Waals surface area contributed by atoms with Crippen molar-refractivity contribution in [3.63, 3.8) is 0 Å². The summed E-state index contributed by atoms with van der Waals surface area (Å²) in [6, 6.07) is 11.9. The largest absolute Gasteiger partial charge is 0.494 e. The van der Waals surface area contributed by atoms with Gasteiger partial charge < -0.3 is 25.3 Å². The molecule has 0 aliphatic heterocycles. The van der Waals surface area contributed by atoms with Crippen LogP contribution in [0.15, 0.2) is 41.4 Å². The normalized spacial score (nSPS) is 11.2. The summed E-state index contributed by atoms with van der Waals surface area (Å²) in [5.41, 5.74) is 9.31. The molecule has 0 saturated carbocycles. The number of hydrogen-bond donors (Lipinski definition) is 2. The van der Waals surface area contributed by atoms with Crippen LogP contribution >= 0.6 is 0 Å². The first kappa shape index (κ1) is 20.4. The van der Waals surface area contributed by atoms with Crippen molar-refractivity contribution in [2.24, 2.45) is 10.7 Å². The van der Waals surface area contributed by atoms with Gasteiger partial charge in [-0.25, -0.2) is 4.99 Å². The first-order valence-corrected chi connectivity index (χ1v) is 9.04. The number of nitrogens with one attached hydrogen (secondary N) is 1. The van der Waals surface area contributed by atoms with Gasteiger partial charge in [0.25, 0.3) is 0 Å². The van der Waals surface area contributed by atoms with Crippen LogP contribution in [-0.4, -0.2) is 33.3 Å². The third-order valence-corrected chi connectivity index (χ3v) is 4.14. The van der Waals surface area contributed by atoms with E-state index in [2.05, 4.69) is 16.4 Å². The summed E-state index contributed by atoms with van der Waals surface area (Å²) < 4.78 is 16.1. The predicted molar refractivity (Wildman–Crippen MR) is 109 cm³/mol. The highest BCUT2D eigenvalue weighted by molar-refractivity contribution is 5.77. The van der Waals surface area contributed by atoms with Gasteiger partial charge in [-0.3, -0.25) is 0 Å². The highest BCUT2D eigenvalue weighted by Crippen LogP contribution is 2.27. The number of aliphatic imine (C=N–C) groups is 1. The summed E-state index contributed by atoms with van der Waals surface area (Å²) in [6.07, 6.45) is 0.804. The Morgan fingerprint density at radius 3 is 2.37 bits per heavy atom. The summed E-state index contributed by atoms with van der Waals surface area (Å²) in [6.45, 7) is 5.89. The van der Waals surface area contributed by atoms with Crippen LogP contribution in [0.25, 0.3) is 0 Å². The molecule has 0 amide bonds. The molecule has 3 N–H and O–H groups in total. The zero-order valence-corrected chi connectivity index (χ0v) is 16.5. The number of benzene rings is 2. The summed E-state index contributed by atoms with van der Waals surface area (Å²) >= 11 is 0. The predicted octanol–water partition coefficient (Wildman–Crippen LogP) is 3.06. The number of nitrogens with zero attached hydrogens (tertiary/aromatic N) is 1. The molecule has 0 fully saturated rings. The monoisotopic (exact) mass is 371 g/mol. The first-order valence-electron chi connectivity index (χ1n) is 9.04. The highest BCUT2D eigenvalue weighted by atomic mass is 16.5. The average Bonchev–Trinajstić information content (AvgIpc) is 2.68. The Kier molecular flexibility index (Phi) is 7.79. The Morgan fingerprint density at radius 2 is 1.70 bits per heavy atom. The zero-order valence-electron chi connectivity index (χ0n) is 16.5. The number of guanidine groups is 1. The maximum atomic E-state index is 5.97. The van der Waals surface area contributed by atoms with Gasteiger partial charge in [0.2, 0.25) is 0 Å². The van der Waals surface area contributed by atoms with E-state index in [1.807, 2.05) is 44.2 Å². The van der Waals surface area contributed by atoms with E-state index in [0.29, 0.717) is 25.7 Å². The van der Waals surface area contributed by atoms with Crippen molar-refractivity contribution in [1.82, 2.24) is 5.32 Å². The molecule has 0 heterocycles. The van der Waals surface area contributed by atoms with Crippen LogP contribution < -0.4 is 25.3 Å². The van der Waals surface area contributed by atoms with Gasteiger partial charge in [-0.1, -0.05) is 18.2 Å². The molecule has 0 radical (unpaired) electrons. The molecule has 0 unspecified atom stereocenters. The summed E-state index contributed by atoms with van der Waals surface area (Å²) in [7, 11) is 3.26. The van der Waals surface area contributed by atoms with Crippen LogP contribution in [0.1, 0.15) is 23.6 Å². The lowest BCUT2D eigenvalue weighted by atomic mass is 10.1. The third-order valence-electron chi connectivity index (χ3n) is 4.14. The molecule has 2 aromatic rings. The van der Waals surface area contributed by atoms with Crippen molar-refractivity contribution in [3.05, 3.63) is 53.1 Å². The second-order valence-corrected chi connectivity index (χ2v) is 6.10. The number of methoxy groups -OCH3 is 2. The van der Waals surface area contributed by atoms with E-state index >= 15 is 0 Å². The lowest BCUT2D eigenvalue weighted by Crippen LogP contribution is -2.33. The molecule has 6 heteroatoms. The van der Waals surface area contributed by atoms with Crippen LogP contribution in [0, 0.1) is 6.92 Å². The Morgan fingerprint density at radius 1 is 1.00 bits per heavy atom. The molecule has 0 aromatic heterocycles. The number of nitrogens with two attached hydrogens (primary N) is 1. The smallest absolute Gasteiger partial charge is 0.188 e. The molecule has 6 nitrogen and oxygen atoms in total. The molecule has 0 aliphatic rings. The second kappa shape index (κ2) is 10.3. The maximum Gasteiger partial charge on any atom is 0.188 e. The van der Waals surface area contributed by atoms with Crippen LogP contribution in [0.5, 0.6) is 17.2 Å². The fourth-order valence-electron chi connectivity index (χ4n) is 2.73. The average molecular weight is 371 g/mol. The van der Waals surface area contributed by atoms with Crippen LogP contribution in [-0.2, 0) is 13.0 Å². The number of rotatable bonds is 9. The minimum atomic E-state index is 0.432. The van der Waals surface area contributed by atoms with E-state index in [9.17, 15) is 0 Å². The van der Waals surface area contributed by atoms with Crippen molar-refractivity contribution in [1.29, 1.82) is 0 Å². The van der Waals surface area contributed by atoms with Gasteiger partial charge in [0.1, 0.15) is 5.75 Å². The van der Waals surface area contributed by atoms with E-state index < -0.39 is 0 Å². The van der Waals surface area contributed by atoms with Crippen LogP contribution in [0.2, 0.25) is 0 Å². The quantitative estimate of drug-likeness (QED) is 0.523. The van der Waals surface area contributed by atoms with Gasteiger partial charge in [-0.2, -0.15) is 0 Å². The molecule has 0 aliphatic carbocycles. The van der Waals surface area contributed by atoms with Gasteiger partial charge in [0.15, 0.2) is 17.5 Å². The standard InChI is InChI=1S/C21H29N3O3/c1-5-27-18-8-7-17(12-15(18)2)14-24-21(22)23-11-10-16-6-9-19(25-3)20(13-16)26-4/h6-9,12-13H,5,10-11,14H2,1-4H3,(H3,22,23,24). The summed E-state index contributed by atoms with van der Waals surface area (Å²) in [4.78, 5) is 4.40. The van der Waals surface area contributed by atoms with Crippen molar-refractivity contribution < 1.29 is 14.2 Å².